The van der Waals surface area contributed by atoms with E-state index in [1.165, 1.54) is 6.20 Å². The molecule has 1 aliphatic rings. The lowest BCUT2D eigenvalue weighted by atomic mass is 9.85. The van der Waals surface area contributed by atoms with Crippen LogP contribution in [0.15, 0.2) is 29.0 Å². The maximum Gasteiger partial charge on any atom is 0.229 e. The van der Waals surface area contributed by atoms with Gasteiger partial charge in [-0.05, 0) is 12.1 Å². The minimum atomic E-state index is -0.155. The van der Waals surface area contributed by atoms with Crippen LogP contribution in [0.5, 0.6) is 0 Å². The molecular weight excluding hydrogens is 282 g/mol. The minimum Gasteiger partial charge on any atom is -0.469 e. The van der Waals surface area contributed by atoms with E-state index in [2.05, 4.69) is 15.3 Å². The number of carbonyl (C=O) groups is 2. The standard InChI is InChI=1S/C16H17N3O3/c1-9(2)15(21)19-16-17-8-11-12(18-16)6-10(7-13(11)20)14-4-3-5-22-14/h3-5,8-10H,6-7H2,1-2H3,(H,17,18,19,21). The lowest BCUT2D eigenvalue weighted by Crippen LogP contribution is -2.23. The summed E-state index contributed by atoms with van der Waals surface area (Å²) in [7, 11) is 0. The molecule has 6 nitrogen and oxygen atoms in total. The van der Waals surface area contributed by atoms with E-state index in [1.54, 1.807) is 20.1 Å². The van der Waals surface area contributed by atoms with E-state index in [0.717, 1.165) is 5.76 Å². The van der Waals surface area contributed by atoms with Crippen LogP contribution < -0.4 is 5.32 Å². The Hall–Kier alpha value is -2.50. The Morgan fingerprint density at radius 1 is 1.41 bits per heavy atom. The number of hydrogen-bond acceptors (Lipinski definition) is 5. The van der Waals surface area contributed by atoms with Gasteiger partial charge in [-0.2, -0.15) is 0 Å². The summed E-state index contributed by atoms with van der Waals surface area (Å²) in [6, 6.07) is 3.68. The molecule has 1 unspecified atom stereocenters. The average Bonchev–Trinajstić information content (AvgIpc) is 3.00. The van der Waals surface area contributed by atoms with Crippen molar-refractivity contribution < 1.29 is 14.0 Å². The van der Waals surface area contributed by atoms with Crippen LogP contribution in [0.25, 0.3) is 0 Å². The van der Waals surface area contributed by atoms with Gasteiger partial charge < -0.3 is 4.42 Å². The predicted octanol–water partition coefficient (Wildman–Crippen LogP) is 2.58. The number of ketones is 1. The lowest BCUT2D eigenvalue weighted by Gasteiger charge is -2.21. The van der Waals surface area contributed by atoms with Gasteiger partial charge in [-0.1, -0.05) is 13.8 Å². The Morgan fingerprint density at radius 3 is 2.91 bits per heavy atom. The van der Waals surface area contributed by atoms with Crippen LogP contribution in [0.2, 0.25) is 0 Å². The summed E-state index contributed by atoms with van der Waals surface area (Å²) in [5, 5.41) is 2.66. The third-order valence-electron chi connectivity index (χ3n) is 3.74. The molecule has 1 atom stereocenters. The minimum absolute atomic E-state index is 0.00406. The summed E-state index contributed by atoms with van der Waals surface area (Å²) in [6.45, 7) is 3.59. The van der Waals surface area contributed by atoms with E-state index in [4.69, 9.17) is 4.42 Å². The van der Waals surface area contributed by atoms with Crippen molar-refractivity contribution in [1.82, 2.24) is 9.97 Å². The number of furan rings is 1. The summed E-state index contributed by atoms with van der Waals surface area (Å²) >= 11 is 0. The van der Waals surface area contributed by atoms with E-state index in [0.29, 0.717) is 24.1 Å². The van der Waals surface area contributed by atoms with Gasteiger partial charge in [0.1, 0.15) is 5.76 Å². The predicted molar refractivity (Wildman–Crippen MR) is 79.6 cm³/mol. The zero-order chi connectivity index (χ0) is 15.7. The van der Waals surface area contributed by atoms with Crippen LogP contribution >= 0.6 is 0 Å². The second-order valence-corrected chi connectivity index (χ2v) is 5.74. The molecule has 0 saturated carbocycles. The van der Waals surface area contributed by atoms with Crippen LogP contribution in [0.4, 0.5) is 5.95 Å². The van der Waals surface area contributed by atoms with E-state index in [9.17, 15) is 9.59 Å². The smallest absolute Gasteiger partial charge is 0.229 e. The summed E-state index contributed by atoms with van der Waals surface area (Å²) in [4.78, 5) is 32.4. The number of nitrogens with one attached hydrogen (secondary N) is 1. The molecule has 114 valence electrons. The van der Waals surface area contributed by atoms with E-state index in [-0.39, 0.29) is 29.5 Å². The Bertz CT molecular complexity index is 707. The van der Waals surface area contributed by atoms with Crippen molar-refractivity contribution in [2.75, 3.05) is 5.32 Å². The molecule has 2 heterocycles. The quantitative estimate of drug-likeness (QED) is 0.941. The number of aromatic nitrogens is 2. The highest BCUT2D eigenvalue weighted by Crippen LogP contribution is 2.32. The molecule has 2 aromatic rings. The topological polar surface area (TPSA) is 85.1 Å². The van der Waals surface area contributed by atoms with Gasteiger partial charge in [0.25, 0.3) is 0 Å². The monoisotopic (exact) mass is 299 g/mol. The van der Waals surface area contributed by atoms with Crippen LogP contribution in [0, 0.1) is 5.92 Å². The number of anilines is 1. The molecule has 1 aliphatic carbocycles. The maximum atomic E-state index is 12.2. The van der Waals surface area contributed by atoms with Crippen molar-refractivity contribution in [3.8, 4) is 0 Å². The second kappa shape index (κ2) is 5.71. The highest BCUT2D eigenvalue weighted by Gasteiger charge is 2.29. The van der Waals surface area contributed by atoms with Crippen molar-refractivity contribution >= 4 is 17.6 Å². The molecule has 0 spiro atoms. The number of nitrogens with zero attached hydrogens (tertiary/aromatic N) is 2. The van der Waals surface area contributed by atoms with E-state index < -0.39 is 0 Å². The molecule has 0 fully saturated rings. The fourth-order valence-corrected chi connectivity index (χ4v) is 2.48. The van der Waals surface area contributed by atoms with Gasteiger partial charge >= 0.3 is 0 Å². The van der Waals surface area contributed by atoms with Crippen LogP contribution in [-0.4, -0.2) is 21.7 Å². The molecule has 3 rings (SSSR count). The van der Waals surface area contributed by atoms with Gasteiger partial charge in [-0.15, -0.1) is 0 Å². The largest absolute Gasteiger partial charge is 0.469 e. The van der Waals surface area contributed by atoms with Crippen molar-refractivity contribution in [3.63, 3.8) is 0 Å². The van der Waals surface area contributed by atoms with Crippen molar-refractivity contribution in [2.45, 2.75) is 32.6 Å². The highest BCUT2D eigenvalue weighted by molar-refractivity contribution is 5.98. The molecule has 22 heavy (non-hydrogen) atoms. The Kier molecular flexibility index (Phi) is 3.75. The first kappa shape index (κ1) is 14.4. The number of Topliss-reactive ketones (excluding diaryl/α,β-unsaturated/α-hetero) is 1. The van der Waals surface area contributed by atoms with Gasteiger partial charge in [0.05, 0.1) is 17.5 Å². The van der Waals surface area contributed by atoms with Crippen molar-refractivity contribution in [1.29, 1.82) is 0 Å². The first-order valence-corrected chi connectivity index (χ1v) is 7.28. The normalized spacial score (nSPS) is 17.4. The van der Waals surface area contributed by atoms with E-state index >= 15 is 0 Å². The number of hydrogen-bond donors (Lipinski definition) is 1. The molecule has 1 amide bonds. The molecule has 0 aromatic carbocycles. The number of carbonyl (C=O) groups excluding carboxylic acids is 2. The van der Waals surface area contributed by atoms with Gasteiger partial charge in [0, 0.05) is 30.9 Å². The van der Waals surface area contributed by atoms with Crippen LogP contribution in [-0.2, 0) is 11.2 Å². The van der Waals surface area contributed by atoms with Crippen LogP contribution in [0.3, 0.4) is 0 Å². The molecule has 0 bridgehead atoms. The zero-order valence-electron chi connectivity index (χ0n) is 12.5. The third kappa shape index (κ3) is 2.77. The molecule has 2 aromatic heterocycles. The summed E-state index contributed by atoms with van der Waals surface area (Å²) in [6.07, 6.45) is 4.09. The van der Waals surface area contributed by atoms with Crippen molar-refractivity contribution in [3.05, 3.63) is 41.6 Å². The van der Waals surface area contributed by atoms with Gasteiger partial charge in [0.2, 0.25) is 11.9 Å². The SMILES string of the molecule is CC(C)C(=O)Nc1ncc2c(n1)CC(c1ccco1)CC2=O. The maximum absolute atomic E-state index is 12.2. The second-order valence-electron chi connectivity index (χ2n) is 5.74. The zero-order valence-corrected chi connectivity index (χ0v) is 12.5. The Morgan fingerprint density at radius 2 is 2.23 bits per heavy atom. The summed E-state index contributed by atoms with van der Waals surface area (Å²) in [5.74, 6) is 0.709. The molecular formula is C16H17N3O3. The first-order valence-electron chi connectivity index (χ1n) is 7.28. The average molecular weight is 299 g/mol. The van der Waals surface area contributed by atoms with Gasteiger partial charge in [-0.3, -0.25) is 14.9 Å². The van der Waals surface area contributed by atoms with Gasteiger partial charge in [-0.25, -0.2) is 9.97 Å². The fourth-order valence-electron chi connectivity index (χ4n) is 2.48. The molecule has 0 aliphatic heterocycles. The fraction of sp³-hybridized carbons (Fsp3) is 0.375. The number of amides is 1. The number of rotatable bonds is 3. The molecule has 0 radical (unpaired) electrons. The summed E-state index contributed by atoms with van der Waals surface area (Å²) < 4.78 is 5.40. The molecule has 1 N–H and O–H groups in total. The van der Waals surface area contributed by atoms with Crippen molar-refractivity contribution in [2.24, 2.45) is 5.92 Å². The first-order chi connectivity index (χ1) is 10.5. The Labute approximate surface area is 128 Å². The molecule has 6 heteroatoms. The third-order valence-corrected chi connectivity index (χ3v) is 3.74. The van der Waals surface area contributed by atoms with E-state index in [1.807, 2.05) is 12.1 Å². The highest BCUT2D eigenvalue weighted by atomic mass is 16.3. The van der Waals surface area contributed by atoms with Crippen LogP contribution in [0.1, 0.15) is 48.0 Å². The van der Waals surface area contributed by atoms with Gasteiger partial charge in [0.15, 0.2) is 5.78 Å². The lowest BCUT2D eigenvalue weighted by molar-refractivity contribution is -0.118. The number of fused-ring (bicyclic) bond motifs is 1. The Balaban J connectivity index is 1.86. The molecule has 0 saturated heterocycles. The summed E-state index contributed by atoms with van der Waals surface area (Å²) in [5.41, 5.74) is 1.19.